The van der Waals surface area contributed by atoms with Gasteiger partial charge in [-0.05, 0) is 22.6 Å². The lowest BCUT2D eigenvalue weighted by Gasteiger charge is -2.09. The number of hydrogen-bond acceptors (Lipinski definition) is 4. The normalized spacial score (nSPS) is 11.2. The molecular weight excluding hydrogens is 369 g/mol. The van der Waals surface area contributed by atoms with E-state index in [1.807, 2.05) is 0 Å². The van der Waals surface area contributed by atoms with Crippen LogP contribution in [0.5, 0.6) is 0 Å². The minimum Gasteiger partial charge on any atom is -0.367 e. The second kappa shape index (κ2) is 9.35. The van der Waals surface area contributed by atoms with E-state index in [9.17, 15) is 22.8 Å². The van der Waals surface area contributed by atoms with Gasteiger partial charge in [0, 0.05) is 6.54 Å². The standard InChI is InChI=1S/C17H17F3N2O3S/c18-17(19,20)11-25-10-13-5-3-12(4-6-13)8-21-15(23)9-22-16(24)14-2-1-7-26-14/h1-7H,8-11H2,(H,21,23)(H,22,24). The predicted molar refractivity (Wildman–Crippen MR) is 90.7 cm³/mol. The summed E-state index contributed by atoms with van der Waals surface area (Å²) in [5.41, 5.74) is 1.38. The highest BCUT2D eigenvalue weighted by atomic mass is 32.1. The molecule has 0 fully saturated rings. The number of carbonyl (C=O) groups is 2. The highest BCUT2D eigenvalue weighted by Gasteiger charge is 2.27. The van der Waals surface area contributed by atoms with Crippen molar-refractivity contribution in [3.63, 3.8) is 0 Å². The molecule has 2 amide bonds. The second-order valence-corrected chi connectivity index (χ2v) is 6.31. The Hall–Kier alpha value is -2.39. The van der Waals surface area contributed by atoms with E-state index in [0.29, 0.717) is 10.4 Å². The van der Waals surface area contributed by atoms with Gasteiger partial charge in [0.15, 0.2) is 0 Å². The zero-order valence-electron chi connectivity index (χ0n) is 13.6. The maximum atomic E-state index is 12.0. The molecule has 5 nitrogen and oxygen atoms in total. The SMILES string of the molecule is O=C(CNC(=O)c1cccs1)NCc1ccc(COCC(F)(F)F)cc1. The van der Waals surface area contributed by atoms with Gasteiger partial charge in [-0.25, -0.2) is 0 Å². The largest absolute Gasteiger partial charge is 0.411 e. The molecule has 0 saturated carbocycles. The van der Waals surface area contributed by atoms with Crippen molar-refractivity contribution in [1.29, 1.82) is 0 Å². The van der Waals surface area contributed by atoms with E-state index in [-0.39, 0.29) is 31.5 Å². The molecule has 1 heterocycles. The minimum atomic E-state index is -4.34. The summed E-state index contributed by atoms with van der Waals surface area (Å²) in [5, 5.41) is 6.94. The number of rotatable bonds is 8. The van der Waals surface area contributed by atoms with E-state index >= 15 is 0 Å². The summed E-state index contributed by atoms with van der Waals surface area (Å²) < 4.78 is 40.6. The first-order valence-electron chi connectivity index (χ1n) is 7.64. The van der Waals surface area contributed by atoms with E-state index < -0.39 is 12.8 Å². The van der Waals surface area contributed by atoms with Gasteiger partial charge in [-0.3, -0.25) is 9.59 Å². The maximum absolute atomic E-state index is 12.0. The smallest absolute Gasteiger partial charge is 0.367 e. The van der Waals surface area contributed by atoms with Gasteiger partial charge in [-0.1, -0.05) is 30.3 Å². The lowest BCUT2D eigenvalue weighted by Crippen LogP contribution is -2.36. The summed E-state index contributed by atoms with van der Waals surface area (Å²) in [5.74, 6) is -0.647. The highest BCUT2D eigenvalue weighted by Crippen LogP contribution is 2.15. The molecule has 0 unspecified atom stereocenters. The first-order chi connectivity index (χ1) is 12.3. The van der Waals surface area contributed by atoms with Crippen molar-refractivity contribution < 1.29 is 27.5 Å². The Bertz CT molecular complexity index is 716. The van der Waals surface area contributed by atoms with Gasteiger partial charge in [0.2, 0.25) is 5.91 Å². The first kappa shape index (κ1) is 19.9. The fourth-order valence-corrected chi connectivity index (χ4v) is 2.60. The number of amides is 2. The third-order valence-electron chi connectivity index (χ3n) is 3.20. The minimum absolute atomic E-state index is 0.138. The predicted octanol–water partition coefficient (Wildman–Crippen LogP) is 2.87. The molecule has 0 radical (unpaired) electrons. The Balaban J connectivity index is 1.68. The van der Waals surface area contributed by atoms with Gasteiger partial charge in [-0.15, -0.1) is 11.3 Å². The quantitative estimate of drug-likeness (QED) is 0.733. The van der Waals surface area contributed by atoms with Crippen LogP contribution in [-0.2, 0) is 22.7 Å². The summed E-state index contributed by atoms with van der Waals surface area (Å²) in [6.07, 6.45) is -4.34. The molecule has 0 aliphatic rings. The first-order valence-corrected chi connectivity index (χ1v) is 8.52. The van der Waals surface area contributed by atoms with E-state index in [0.717, 1.165) is 5.56 Å². The monoisotopic (exact) mass is 386 g/mol. The second-order valence-electron chi connectivity index (χ2n) is 5.36. The molecule has 0 aliphatic carbocycles. The van der Waals surface area contributed by atoms with Crippen LogP contribution in [0.1, 0.15) is 20.8 Å². The van der Waals surface area contributed by atoms with Crippen LogP contribution in [0.2, 0.25) is 0 Å². The fraction of sp³-hybridized carbons (Fsp3) is 0.294. The van der Waals surface area contributed by atoms with Gasteiger partial charge in [0.05, 0.1) is 18.0 Å². The molecule has 2 aromatic rings. The number of hydrogen-bond donors (Lipinski definition) is 2. The summed E-state index contributed by atoms with van der Waals surface area (Å²) in [6.45, 7) is -1.32. The van der Waals surface area contributed by atoms with Crippen molar-refractivity contribution in [1.82, 2.24) is 10.6 Å². The highest BCUT2D eigenvalue weighted by molar-refractivity contribution is 7.12. The molecule has 9 heteroatoms. The summed E-state index contributed by atoms with van der Waals surface area (Å²) >= 11 is 1.28. The van der Waals surface area contributed by atoms with Gasteiger partial charge in [0.25, 0.3) is 5.91 Å². The maximum Gasteiger partial charge on any atom is 0.411 e. The molecule has 140 valence electrons. The van der Waals surface area contributed by atoms with Crippen molar-refractivity contribution in [2.45, 2.75) is 19.3 Å². The van der Waals surface area contributed by atoms with Crippen molar-refractivity contribution >= 4 is 23.2 Å². The third-order valence-corrected chi connectivity index (χ3v) is 4.07. The Morgan fingerprint density at radius 2 is 1.73 bits per heavy atom. The van der Waals surface area contributed by atoms with Crippen molar-refractivity contribution in [2.75, 3.05) is 13.2 Å². The lowest BCUT2D eigenvalue weighted by atomic mass is 10.1. The van der Waals surface area contributed by atoms with Crippen molar-refractivity contribution in [3.05, 3.63) is 57.8 Å². The summed E-state index contributed by atoms with van der Waals surface area (Å²) in [4.78, 5) is 24.0. The van der Waals surface area contributed by atoms with E-state index in [4.69, 9.17) is 0 Å². The molecule has 2 rings (SSSR count). The average molecular weight is 386 g/mol. The zero-order valence-corrected chi connectivity index (χ0v) is 14.5. The van der Waals surface area contributed by atoms with Gasteiger partial charge in [-0.2, -0.15) is 13.2 Å². The van der Waals surface area contributed by atoms with Crippen LogP contribution >= 0.6 is 11.3 Å². The molecular formula is C17H17F3N2O3S. The third kappa shape index (κ3) is 7.24. The Morgan fingerprint density at radius 1 is 1.04 bits per heavy atom. The molecule has 26 heavy (non-hydrogen) atoms. The summed E-state index contributed by atoms with van der Waals surface area (Å²) in [6, 6.07) is 10.1. The van der Waals surface area contributed by atoms with Gasteiger partial charge in [0.1, 0.15) is 6.61 Å². The molecule has 0 bridgehead atoms. The fourth-order valence-electron chi connectivity index (χ4n) is 1.96. The van der Waals surface area contributed by atoms with Gasteiger partial charge >= 0.3 is 6.18 Å². The topological polar surface area (TPSA) is 67.4 Å². The number of ether oxygens (including phenoxy) is 1. The number of benzene rings is 1. The van der Waals surface area contributed by atoms with E-state index in [2.05, 4.69) is 15.4 Å². The number of halogens is 3. The molecule has 0 aliphatic heterocycles. The van der Waals surface area contributed by atoms with Crippen LogP contribution in [0.4, 0.5) is 13.2 Å². The van der Waals surface area contributed by atoms with Crippen LogP contribution < -0.4 is 10.6 Å². The van der Waals surface area contributed by atoms with Gasteiger partial charge < -0.3 is 15.4 Å². The zero-order chi connectivity index (χ0) is 19.0. The number of nitrogens with one attached hydrogen (secondary N) is 2. The molecule has 2 N–H and O–H groups in total. The molecule has 0 saturated heterocycles. The molecule has 1 aromatic heterocycles. The molecule has 0 atom stereocenters. The molecule has 0 spiro atoms. The van der Waals surface area contributed by atoms with Crippen LogP contribution in [0, 0.1) is 0 Å². The number of thiophene rings is 1. The van der Waals surface area contributed by atoms with Crippen LogP contribution in [0.3, 0.4) is 0 Å². The van der Waals surface area contributed by atoms with Crippen LogP contribution in [0.25, 0.3) is 0 Å². The van der Waals surface area contributed by atoms with Crippen molar-refractivity contribution in [2.24, 2.45) is 0 Å². The average Bonchev–Trinajstić information content (AvgIpc) is 3.12. The van der Waals surface area contributed by atoms with Crippen molar-refractivity contribution in [3.8, 4) is 0 Å². The van der Waals surface area contributed by atoms with E-state index in [1.54, 1.807) is 41.8 Å². The Morgan fingerprint density at radius 3 is 2.35 bits per heavy atom. The molecule has 1 aromatic carbocycles. The lowest BCUT2D eigenvalue weighted by molar-refractivity contribution is -0.176. The Labute approximate surface area is 152 Å². The van der Waals surface area contributed by atoms with Crippen LogP contribution in [-0.4, -0.2) is 31.1 Å². The number of alkyl halides is 3. The van der Waals surface area contributed by atoms with Crippen LogP contribution in [0.15, 0.2) is 41.8 Å². The number of carbonyl (C=O) groups excluding carboxylic acids is 2. The Kier molecular flexibility index (Phi) is 7.16. The van der Waals surface area contributed by atoms with E-state index in [1.165, 1.54) is 11.3 Å². The summed E-state index contributed by atoms with van der Waals surface area (Å²) in [7, 11) is 0.